The largest absolute Gasteiger partial charge is 0.481 e. The minimum Gasteiger partial charge on any atom is -0.481 e. The monoisotopic (exact) mass is 241 g/mol. The van der Waals surface area contributed by atoms with Crippen LogP contribution >= 0.6 is 0 Å². The lowest BCUT2D eigenvalue weighted by Gasteiger charge is -2.22. The highest BCUT2D eigenvalue weighted by Gasteiger charge is 2.33. The summed E-state index contributed by atoms with van der Waals surface area (Å²) in [5, 5.41) is 9.22. The number of aromatic nitrogens is 2. The summed E-state index contributed by atoms with van der Waals surface area (Å²) in [5.74, 6) is 0.868. The van der Waals surface area contributed by atoms with Crippen LogP contribution in [0.5, 0.6) is 5.88 Å². The molecular weight excluding hydrogens is 225 g/mol. The summed E-state index contributed by atoms with van der Waals surface area (Å²) < 4.78 is 18.4. The van der Waals surface area contributed by atoms with Crippen LogP contribution in [-0.2, 0) is 0 Å². The van der Waals surface area contributed by atoms with E-state index in [1.165, 1.54) is 7.11 Å². The Labute approximate surface area is 99.3 Å². The number of aliphatic hydroxyl groups excluding tert-OH is 1. The Kier molecular flexibility index (Phi) is 3.42. The lowest BCUT2D eigenvalue weighted by Crippen LogP contribution is -2.33. The Hall–Kier alpha value is -1.43. The van der Waals surface area contributed by atoms with Crippen molar-refractivity contribution in [1.82, 2.24) is 9.97 Å². The van der Waals surface area contributed by atoms with Gasteiger partial charge in [0.15, 0.2) is 0 Å². The number of ether oxygens (including phenoxy) is 1. The van der Waals surface area contributed by atoms with Crippen molar-refractivity contribution in [3.63, 3.8) is 0 Å². The van der Waals surface area contributed by atoms with E-state index < -0.39 is 6.17 Å². The van der Waals surface area contributed by atoms with Gasteiger partial charge >= 0.3 is 0 Å². The maximum Gasteiger partial charge on any atom is 0.229 e. The second-order valence-electron chi connectivity index (χ2n) is 4.17. The molecule has 2 heterocycles. The Morgan fingerprint density at radius 2 is 2.35 bits per heavy atom. The average Bonchev–Trinajstić information content (AvgIpc) is 2.69. The molecule has 2 rings (SSSR count). The molecule has 2 atom stereocenters. The predicted octanol–water partition coefficient (Wildman–Crippen LogP) is 0.703. The highest BCUT2D eigenvalue weighted by molar-refractivity contribution is 5.37. The first-order chi connectivity index (χ1) is 8.13. The van der Waals surface area contributed by atoms with Crippen LogP contribution in [0.2, 0.25) is 0 Å². The van der Waals surface area contributed by atoms with E-state index in [0.717, 1.165) is 5.69 Å². The Bertz CT molecular complexity index is 402. The minimum atomic E-state index is -0.942. The molecule has 0 saturated carbocycles. The highest BCUT2D eigenvalue weighted by atomic mass is 19.1. The van der Waals surface area contributed by atoms with Crippen LogP contribution in [0, 0.1) is 6.92 Å². The van der Waals surface area contributed by atoms with Crippen LogP contribution in [0.4, 0.5) is 10.3 Å². The van der Waals surface area contributed by atoms with Crippen molar-refractivity contribution < 1.29 is 14.2 Å². The standard InChI is InChI=1S/C11H16FN3O2/c1-7-3-10(17-2)14-11(13-7)15-5-8(12)4-9(15)6-16/h3,8-9,16H,4-6H2,1-2H3/t8-,9-/m0/s1. The quantitative estimate of drug-likeness (QED) is 0.844. The molecule has 1 aliphatic rings. The molecule has 1 aromatic heterocycles. The summed E-state index contributed by atoms with van der Waals surface area (Å²) in [4.78, 5) is 10.1. The van der Waals surface area contributed by atoms with E-state index in [0.29, 0.717) is 18.2 Å². The van der Waals surface area contributed by atoms with Crippen molar-refractivity contribution in [2.45, 2.75) is 25.6 Å². The normalized spacial score (nSPS) is 24.1. The van der Waals surface area contributed by atoms with E-state index in [2.05, 4.69) is 9.97 Å². The van der Waals surface area contributed by atoms with Gasteiger partial charge in [0.1, 0.15) is 6.17 Å². The second-order valence-corrected chi connectivity index (χ2v) is 4.17. The number of rotatable bonds is 3. The molecule has 0 bridgehead atoms. The maximum absolute atomic E-state index is 13.3. The van der Waals surface area contributed by atoms with Crippen LogP contribution in [-0.4, -0.2) is 47.5 Å². The predicted molar refractivity (Wildman–Crippen MR) is 61.1 cm³/mol. The summed E-state index contributed by atoms with van der Waals surface area (Å²) in [7, 11) is 1.52. The molecule has 0 radical (unpaired) electrons. The first-order valence-corrected chi connectivity index (χ1v) is 5.55. The summed E-state index contributed by atoms with van der Waals surface area (Å²) >= 11 is 0. The van der Waals surface area contributed by atoms with E-state index in [-0.39, 0.29) is 19.2 Å². The molecule has 17 heavy (non-hydrogen) atoms. The van der Waals surface area contributed by atoms with Gasteiger partial charge < -0.3 is 14.7 Å². The second kappa shape index (κ2) is 4.83. The van der Waals surface area contributed by atoms with Gasteiger partial charge in [0.2, 0.25) is 11.8 Å². The molecule has 1 aromatic rings. The number of anilines is 1. The van der Waals surface area contributed by atoms with Crippen molar-refractivity contribution in [2.24, 2.45) is 0 Å². The van der Waals surface area contributed by atoms with E-state index in [1.807, 2.05) is 6.92 Å². The summed E-state index contributed by atoms with van der Waals surface area (Å²) in [5.41, 5.74) is 0.755. The molecule has 6 heteroatoms. The van der Waals surface area contributed by atoms with Gasteiger partial charge in [0.05, 0.1) is 26.3 Å². The van der Waals surface area contributed by atoms with Crippen LogP contribution in [0.15, 0.2) is 6.07 Å². The third-order valence-corrected chi connectivity index (χ3v) is 2.86. The van der Waals surface area contributed by atoms with Gasteiger partial charge in [-0.1, -0.05) is 0 Å². The minimum absolute atomic E-state index is 0.0972. The number of aliphatic hydroxyl groups is 1. The smallest absolute Gasteiger partial charge is 0.229 e. The van der Waals surface area contributed by atoms with Gasteiger partial charge in [-0.25, -0.2) is 9.37 Å². The average molecular weight is 241 g/mol. The first kappa shape index (κ1) is 12.0. The van der Waals surface area contributed by atoms with Crippen molar-refractivity contribution in [2.75, 3.05) is 25.2 Å². The van der Waals surface area contributed by atoms with Crippen molar-refractivity contribution >= 4 is 5.95 Å². The van der Waals surface area contributed by atoms with Gasteiger partial charge in [0, 0.05) is 18.2 Å². The summed E-state index contributed by atoms with van der Waals surface area (Å²) in [6.45, 7) is 1.95. The number of methoxy groups -OCH3 is 1. The number of aryl methyl sites for hydroxylation is 1. The molecule has 0 aromatic carbocycles. The van der Waals surface area contributed by atoms with Crippen LogP contribution in [0.3, 0.4) is 0 Å². The van der Waals surface area contributed by atoms with Gasteiger partial charge in [-0.2, -0.15) is 4.98 Å². The maximum atomic E-state index is 13.3. The molecule has 0 amide bonds. The SMILES string of the molecule is COc1cc(C)nc(N2C[C@@H](F)C[C@H]2CO)n1. The molecule has 0 unspecified atom stereocenters. The van der Waals surface area contributed by atoms with Crippen molar-refractivity contribution in [3.8, 4) is 5.88 Å². The number of halogens is 1. The highest BCUT2D eigenvalue weighted by Crippen LogP contribution is 2.25. The Morgan fingerprint density at radius 3 is 3.00 bits per heavy atom. The topological polar surface area (TPSA) is 58.5 Å². The number of hydrogen-bond donors (Lipinski definition) is 1. The third-order valence-electron chi connectivity index (χ3n) is 2.86. The molecule has 1 N–H and O–H groups in total. The van der Waals surface area contributed by atoms with E-state index >= 15 is 0 Å². The first-order valence-electron chi connectivity index (χ1n) is 5.55. The van der Waals surface area contributed by atoms with Gasteiger partial charge in [-0.3, -0.25) is 0 Å². The van der Waals surface area contributed by atoms with Crippen LogP contribution < -0.4 is 9.64 Å². The molecule has 1 saturated heterocycles. The van der Waals surface area contributed by atoms with Crippen LogP contribution in [0.25, 0.3) is 0 Å². The number of nitrogens with zero attached hydrogens (tertiary/aromatic N) is 3. The van der Waals surface area contributed by atoms with Gasteiger partial charge in [-0.05, 0) is 6.92 Å². The van der Waals surface area contributed by atoms with Crippen molar-refractivity contribution in [3.05, 3.63) is 11.8 Å². The van der Waals surface area contributed by atoms with Crippen LogP contribution in [0.1, 0.15) is 12.1 Å². The molecule has 0 aliphatic carbocycles. The van der Waals surface area contributed by atoms with Gasteiger partial charge in [0.25, 0.3) is 0 Å². The van der Waals surface area contributed by atoms with E-state index in [1.54, 1.807) is 11.0 Å². The zero-order valence-corrected chi connectivity index (χ0v) is 9.93. The lowest BCUT2D eigenvalue weighted by atomic mass is 10.2. The fourth-order valence-electron chi connectivity index (χ4n) is 2.04. The molecule has 5 nitrogen and oxygen atoms in total. The molecule has 1 fully saturated rings. The zero-order valence-electron chi connectivity index (χ0n) is 9.93. The summed E-state index contributed by atoms with van der Waals surface area (Å²) in [6.07, 6.45) is -0.627. The molecule has 1 aliphatic heterocycles. The molecule has 0 spiro atoms. The third kappa shape index (κ3) is 2.46. The fourth-order valence-corrected chi connectivity index (χ4v) is 2.04. The number of alkyl halides is 1. The van der Waals surface area contributed by atoms with Gasteiger partial charge in [-0.15, -0.1) is 0 Å². The van der Waals surface area contributed by atoms with Crippen molar-refractivity contribution in [1.29, 1.82) is 0 Å². The Balaban J connectivity index is 2.29. The van der Waals surface area contributed by atoms with E-state index in [9.17, 15) is 9.50 Å². The number of hydrogen-bond acceptors (Lipinski definition) is 5. The summed E-state index contributed by atoms with van der Waals surface area (Å²) in [6, 6.07) is 1.46. The fraction of sp³-hybridized carbons (Fsp3) is 0.636. The molecular formula is C11H16FN3O2. The van der Waals surface area contributed by atoms with E-state index in [4.69, 9.17) is 4.74 Å². The Morgan fingerprint density at radius 1 is 1.59 bits per heavy atom. The lowest BCUT2D eigenvalue weighted by molar-refractivity contribution is 0.255. The molecule has 94 valence electrons. The zero-order chi connectivity index (χ0) is 12.4.